The Balaban J connectivity index is 0.000000258. The summed E-state index contributed by atoms with van der Waals surface area (Å²) in [5.74, 6) is -1.84. The van der Waals surface area contributed by atoms with E-state index >= 15 is 0 Å². The van der Waals surface area contributed by atoms with Crippen molar-refractivity contribution in [3.05, 3.63) is 42.2 Å². The highest BCUT2D eigenvalue weighted by Gasteiger charge is 2.04. The number of hydrogen-bond acceptors (Lipinski definition) is 4. The largest absolute Gasteiger partial charge is 0.473 e. The Labute approximate surface area is 109 Å². The molecule has 2 rings (SSSR count). The number of furan rings is 1. The Bertz CT molecular complexity index is 559. The van der Waals surface area contributed by atoms with Gasteiger partial charge in [-0.3, -0.25) is 0 Å². The van der Waals surface area contributed by atoms with Gasteiger partial charge in [-0.1, -0.05) is 0 Å². The molecule has 0 aliphatic carbocycles. The highest BCUT2D eigenvalue weighted by atomic mass is 16.4. The van der Waals surface area contributed by atoms with Crippen molar-refractivity contribution in [2.24, 2.45) is 0 Å². The number of benzene rings is 1. The van der Waals surface area contributed by atoms with Gasteiger partial charge in [-0.05, 0) is 43.3 Å². The van der Waals surface area contributed by atoms with Crippen LogP contribution in [0.25, 0.3) is 11.3 Å². The molecule has 2 aromatic rings. The number of nitrogens with two attached hydrogens (primary N) is 1. The number of carboxylic acids is 2. The molecule has 6 nitrogen and oxygen atoms in total. The molecule has 0 saturated heterocycles. The molecule has 1 heterocycles. The highest BCUT2D eigenvalue weighted by Crippen LogP contribution is 2.22. The summed E-state index contributed by atoms with van der Waals surface area (Å²) in [7, 11) is 0. The average molecular weight is 263 g/mol. The van der Waals surface area contributed by atoms with Crippen LogP contribution in [0.5, 0.6) is 0 Å². The molecular weight excluding hydrogens is 250 g/mol. The van der Waals surface area contributed by atoms with Gasteiger partial charge in [0.1, 0.15) is 11.5 Å². The Morgan fingerprint density at radius 3 is 1.89 bits per heavy atom. The maximum absolute atomic E-state index is 9.10. The summed E-state index contributed by atoms with van der Waals surface area (Å²) in [5.41, 5.74) is 7.41. The van der Waals surface area contributed by atoms with E-state index < -0.39 is 11.9 Å². The van der Waals surface area contributed by atoms with Crippen molar-refractivity contribution in [2.75, 3.05) is 5.73 Å². The van der Waals surface area contributed by atoms with E-state index in [4.69, 9.17) is 30.0 Å². The molecule has 19 heavy (non-hydrogen) atoms. The van der Waals surface area contributed by atoms with Gasteiger partial charge in [0.15, 0.2) is 0 Å². The summed E-state index contributed by atoms with van der Waals surface area (Å²) in [6.07, 6.45) is 0. The number of aryl methyl sites for hydroxylation is 1. The standard InChI is InChI=1S/C11H11NO.C2H2O4/c1-8-2-7-11(13-8)9-3-5-10(12)6-4-9;3-1(4)2(5)6/h2-7H,12H2,1H3;(H,3,4)(H,5,6). The molecule has 0 unspecified atom stereocenters. The number of rotatable bonds is 1. The van der Waals surface area contributed by atoms with E-state index in [1.54, 1.807) is 0 Å². The van der Waals surface area contributed by atoms with Gasteiger partial charge in [0, 0.05) is 11.3 Å². The van der Waals surface area contributed by atoms with Crippen LogP contribution in [0.15, 0.2) is 40.8 Å². The summed E-state index contributed by atoms with van der Waals surface area (Å²) < 4.78 is 5.47. The van der Waals surface area contributed by atoms with Crippen LogP contribution in [0.1, 0.15) is 5.76 Å². The Morgan fingerprint density at radius 1 is 1.00 bits per heavy atom. The first-order valence-electron chi connectivity index (χ1n) is 5.28. The average Bonchev–Trinajstić information content (AvgIpc) is 2.77. The van der Waals surface area contributed by atoms with Crippen molar-refractivity contribution < 1.29 is 24.2 Å². The molecule has 0 aliphatic heterocycles. The molecule has 0 amide bonds. The van der Waals surface area contributed by atoms with Crippen molar-refractivity contribution in [2.45, 2.75) is 6.92 Å². The van der Waals surface area contributed by atoms with Gasteiger partial charge in [-0.15, -0.1) is 0 Å². The van der Waals surface area contributed by atoms with Crippen LogP contribution in [0.4, 0.5) is 5.69 Å². The molecule has 0 fully saturated rings. The summed E-state index contributed by atoms with van der Waals surface area (Å²) in [6.45, 7) is 1.93. The fraction of sp³-hybridized carbons (Fsp3) is 0.0769. The van der Waals surface area contributed by atoms with Crippen molar-refractivity contribution in [3.8, 4) is 11.3 Å². The zero-order chi connectivity index (χ0) is 14.4. The van der Waals surface area contributed by atoms with E-state index in [0.29, 0.717) is 0 Å². The maximum Gasteiger partial charge on any atom is 0.414 e. The van der Waals surface area contributed by atoms with Crippen molar-refractivity contribution in [3.63, 3.8) is 0 Å². The minimum absolute atomic E-state index is 0.770. The quantitative estimate of drug-likeness (QED) is 0.535. The zero-order valence-corrected chi connectivity index (χ0v) is 10.2. The molecular formula is C13H13NO5. The number of hydrogen-bond donors (Lipinski definition) is 3. The lowest BCUT2D eigenvalue weighted by atomic mass is 10.1. The lowest BCUT2D eigenvalue weighted by Crippen LogP contribution is -2.09. The fourth-order valence-corrected chi connectivity index (χ4v) is 1.24. The van der Waals surface area contributed by atoms with Crippen LogP contribution in [0.2, 0.25) is 0 Å². The van der Waals surface area contributed by atoms with E-state index in [9.17, 15) is 0 Å². The molecule has 100 valence electrons. The molecule has 0 aliphatic rings. The van der Waals surface area contributed by atoms with Crippen LogP contribution in [-0.4, -0.2) is 22.2 Å². The SMILES string of the molecule is Cc1ccc(-c2ccc(N)cc2)o1.O=C(O)C(=O)O. The summed E-state index contributed by atoms with van der Waals surface area (Å²) in [5, 5.41) is 14.8. The molecule has 0 spiro atoms. The summed E-state index contributed by atoms with van der Waals surface area (Å²) in [6, 6.07) is 11.5. The smallest absolute Gasteiger partial charge is 0.414 e. The second-order valence-electron chi connectivity index (χ2n) is 3.64. The minimum atomic E-state index is -1.82. The van der Waals surface area contributed by atoms with Gasteiger partial charge in [0.2, 0.25) is 0 Å². The second-order valence-corrected chi connectivity index (χ2v) is 3.64. The second kappa shape index (κ2) is 6.25. The van der Waals surface area contributed by atoms with E-state index in [0.717, 1.165) is 22.8 Å². The van der Waals surface area contributed by atoms with Crippen LogP contribution in [0.3, 0.4) is 0 Å². The van der Waals surface area contributed by atoms with Crippen LogP contribution in [0, 0.1) is 6.92 Å². The first-order chi connectivity index (χ1) is 8.90. The first kappa shape index (κ1) is 14.3. The molecule has 0 radical (unpaired) electrons. The summed E-state index contributed by atoms with van der Waals surface area (Å²) >= 11 is 0. The lowest BCUT2D eigenvalue weighted by molar-refractivity contribution is -0.159. The van der Waals surface area contributed by atoms with Crippen LogP contribution >= 0.6 is 0 Å². The highest BCUT2D eigenvalue weighted by molar-refractivity contribution is 6.27. The first-order valence-corrected chi connectivity index (χ1v) is 5.28. The number of aliphatic carboxylic acids is 2. The fourth-order valence-electron chi connectivity index (χ4n) is 1.24. The van der Waals surface area contributed by atoms with Crippen LogP contribution < -0.4 is 5.73 Å². The number of nitrogen functional groups attached to an aromatic ring is 1. The van der Waals surface area contributed by atoms with E-state index in [-0.39, 0.29) is 0 Å². The predicted octanol–water partition coefficient (Wildman–Crippen LogP) is 1.99. The Morgan fingerprint density at radius 2 is 1.53 bits per heavy atom. The van der Waals surface area contributed by atoms with Gasteiger partial charge in [0.25, 0.3) is 0 Å². The third-order valence-electron chi connectivity index (χ3n) is 2.12. The molecule has 6 heteroatoms. The third kappa shape index (κ3) is 4.55. The van der Waals surface area contributed by atoms with Crippen LogP contribution in [-0.2, 0) is 9.59 Å². The van der Waals surface area contributed by atoms with Gasteiger partial charge in [-0.2, -0.15) is 0 Å². The maximum atomic E-state index is 9.10. The molecule has 1 aromatic heterocycles. The number of anilines is 1. The normalized spacial score (nSPS) is 9.32. The monoisotopic (exact) mass is 263 g/mol. The lowest BCUT2D eigenvalue weighted by Gasteiger charge is -1.96. The van der Waals surface area contributed by atoms with Gasteiger partial charge >= 0.3 is 11.9 Å². The molecule has 0 atom stereocenters. The third-order valence-corrected chi connectivity index (χ3v) is 2.12. The topological polar surface area (TPSA) is 114 Å². The summed E-state index contributed by atoms with van der Waals surface area (Å²) in [4.78, 5) is 18.2. The minimum Gasteiger partial charge on any atom is -0.473 e. The molecule has 0 bridgehead atoms. The van der Waals surface area contributed by atoms with E-state index in [1.807, 2.05) is 43.3 Å². The number of carbonyl (C=O) groups is 2. The zero-order valence-electron chi connectivity index (χ0n) is 10.2. The number of carboxylic acid groups (broad SMARTS) is 2. The van der Waals surface area contributed by atoms with E-state index in [1.165, 1.54) is 0 Å². The Hall–Kier alpha value is -2.76. The molecule has 4 N–H and O–H groups in total. The predicted molar refractivity (Wildman–Crippen MR) is 68.6 cm³/mol. The van der Waals surface area contributed by atoms with Gasteiger partial charge in [0.05, 0.1) is 0 Å². The Kier molecular flexibility index (Phi) is 4.70. The van der Waals surface area contributed by atoms with E-state index in [2.05, 4.69) is 0 Å². The molecule has 0 saturated carbocycles. The van der Waals surface area contributed by atoms with Gasteiger partial charge < -0.3 is 20.4 Å². The molecule has 1 aromatic carbocycles. The van der Waals surface area contributed by atoms with Gasteiger partial charge in [-0.25, -0.2) is 9.59 Å². The van der Waals surface area contributed by atoms with Crippen molar-refractivity contribution >= 4 is 17.6 Å². The van der Waals surface area contributed by atoms with Crippen molar-refractivity contribution in [1.82, 2.24) is 0 Å². The van der Waals surface area contributed by atoms with Crippen molar-refractivity contribution in [1.29, 1.82) is 0 Å².